The summed E-state index contributed by atoms with van der Waals surface area (Å²) in [4.78, 5) is 0. The van der Waals surface area contributed by atoms with Crippen molar-refractivity contribution in [3.05, 3.63) is 79.7 Å². The SMILES string of the molecule is Cc1cc2ccc(C(C)(C)C)cc2c(-c2c(Br)c(C)cc3ccc(C(C)(C)C)cc23)c1Br. The van der Waals surface area contributed by atoms with Crippen LogP contribution < -0.4 is 0 Å². The summed E-state index contributed by atoms with van der Waals surface area (Å²) < 4.78 is 2.34. The van der Waals surface area contributed by atoms with Gasteiger partial charge in [0.1, 0.15) is 0 Å². The molecule has 0 heterocycles. The molecule has 0 amide bonds. The lowest BCUT2D eigenvalue weighted by atomic mass is 9.82. The van der Waals surface area contributed by atoms with Crippen molar-refractivity contribution in [2.24, 2.45) is 0 Å². The fraction of sp³-hybridized carbons (Fsp3) is 0.333. The third-order valence-corrected chi connectivity index (χ3v) is 8.55. The van der Waals surface area contributed by atoms with Gasteiger partial charge in [-0.25, -0.2) is 0 Å². The Bertz CT molecular complexity index is 1260. The number of fused-ring (bicyclic) bond motifs is 2. The molecule has 0 aliphatic rings. The van der Waals surface area contributed by atoms with E-state index < -0.39 is 0 Å². The highest BCUT2D eigenvalue weighted by Crippen LogP contribution is 2.47. The second-order valence-corrected chi connectivity index (χ2v) is 12.7. The zero-order chi connectivity index (χ0) is 23.6. The van der Waals surface area contributed by atoms with Crippen LogP contribution in [-0.4, -0.2) is 0 Å². The molecule has 0 radical (unpaired) electrons. The van der Waals surface area contributed by atoms with Crippen LogP contribution in [0.2, 0.25) is 0 Å². The highest BCUT2D eigenvalue weighted by molar-refractivity contribution is 9.11. The summed E-state index contributed by atoms with van der Waals surface area (Å²) in [6.45, 7) is 18.1. The van der Waals surface area contributed by atoms with Crippen LogP contribution in [0.25, 0.3) is 32.7 Å². The van der Waals surface area contributed by atoms with Gasteiger partial charge in [-0.2, -0.15) is 0 Å². The number of hydrogen-bond acceptors (Lipinski definition) is 0. The molecule has 32 heavy (non-hydrogen) atoms. The fourth-order valence-corrected chi connectivity index (χ4v) is 5.50. The van der Waals surface area contributed by atoms with E-state index in [9.17, 15) is 0 Å². The molecule has 166 valence electrons. The maximum absolute atomic E-state index is 3.99. The standard InChI is InChI=1S/C30H32Br2/c1-17-13-19-9-11-21(29(3,4)5)15-23(19)25(27(17)31)26-24-16-22(30(6,7)8)12-10-20(24)14-18(2)28(26)32/h9-16H,1-8H3. The highest BCUT2D eigenvalue weighted by Gasteiger charge is 2.22. The molecule has 4 aromatic carbocycles. The van der Waals surface area contributed by atoms with Crippen molar-refractivity contribution < 1.29 is 0 Å². The summed E-state index contributed by atoms with van der Waals surface area (Å²) >= 11 is 7.99. The van der Waals surface area contributed by atoms with Gasteiger partial charge in [-0.1, -0.05) is 77.9 Å². The Morgan fingerprint density at radius 2 is 0.875 bits per heavy atom. The number of hydrogen-bond donors (Lipinski definition) is 0. The van der Waals surface area contributed by atoms with Gasteiger partial charge in [0.2, 0.25) is 0 Å². The molecule has 4 aromatic rings. The molecule has 0 fully saturated rings. The van der Waals surface area contributed by atoms with Crippen LogP contribution in [0.5, 0.6) is 0 Å². The zero-order valence-corrected chi connectivity index (χ0v) is 23.5. The van der Waals surface area contributed by atoms with Crippen LogP contribution in [0.15, 0.2) is 57.5 Å². The Labute approximate surface area is 209 Å². The van der Waals surface area contributed by atoms with Crippen LogP contribution >= 0.6 is 31.9 Å². The van der Waals surface area contributed by atoms with E-state index in [-0.39, 0.29) is 10.8 Å². The van der Waals surface area contributed by atoms with E-state index in [0.717, 1.165) is 0 Å². The average Bonchev–Trinajstić information content (AvgIpc) is 2.69. The Balaban J connectivity index is 2.22. The molecule has 0 unspecified atom stereocenters. The molecule has 0 saturated heterocycles. The highest BCUT2D eigenvalue weighted by atomic mass is 79.9. The smallest absolute Gasteiger partial charge is 0.0290 e. The van der Waals surface area contributed by atoms with Gasteiger partial charge >= 0.3 is 0 Å². The van der Waals surface area contributed by atoms with Crippen molar-refractivity contribution in [1.29, 1.82) is 0 Å². The normalized spacial score (nSPS) is 12.7. The Morgan fingerprint density at radius 3 is 1.19 bits per heavy atom. The van der Waals surface area contributed by atoms with Crippen molar-refractivity contribution in [2.75, 3.05) is 0 Å². The Kier molecular flexibility index (Phi) is 5.87. The van der Waals surface area contributed by atoms with Gasteiger partial charge in [0.15, 0.2) is 0 Å². The minimum Gasteiger partial charge on any atom is -0.0579 e. The molecule has 0 aromatic heterocycles. The molecule has 0 saturated carbocycles. The minimum absolute atomic E-state index is 0.0914. The molecule has 0 nitrogen and oxygen atoms in total. The summed E-state index contributed by atoms with van der Waals surface area (Å²) in [5.74, 6) is 0. The molecule has 0 N–H and O–H groups in total. The minimum atomic E-state index is 0.0914. The maximum Gasteiger partial charge on any atom is 0.0290 e. The second-order valence-electron chi connectivity index (χ2n) is 11.1. The molecule has 0 spiro atoms. The lowest BCUT2D eigenvalue weighted by Crippen LogP contribution is -2.11. The summed E-state index contributed by atoms with van der Waals surface area (Å²) in [6.07, 6.45) is 0. The van der Waals surface area contributed by atoms with E-state index in [2.05, 4.69) is 136 Å². The molecular formula is C30H32Br2. The largest absolute Gasteiger partial charge is 0.0579 e. The summed E-state index contributed by atoms with van der Waals surface area (Å²) in [7, 11) is 0. The van der Waals surface area contributed by atoms with E-state index in [1.165, 1.54) is 63.9 Å². The predicted molar refractivity (Wildman–Crippen MR) is 149 cm³/mol. The van der Waals surface area contributed by atoms with Crippen LogP contribution in [0.3, 0.4) is 0 Å². The van der Waals surface area contributed by atoms with E-state index in [1.54, 1.807) is 0 Å². The topological polar surface area (TPSA) is 0 Å². The molecule has 0 bridgehead atoms. The van der Waals surface area contributed by atoms with Gasteiger partial charge in [0.05, 0.1) is 0 Å². The van der Waals surface area contributed by atoms with Gasteiger partial charge in [-0.15, -0.1) is 0 Å². The summed E-state index contributed by atoms with van der Waals surface area (Å²) in [6, 6.07) is 18.5. The molecule has 0 atom stereocenters. The Morgan fingerprint density at radius 1 is 0.531 bits per heavy atom. The van der Waals surface area contributed by atoms with Crippen LogP contribution in [0.4, 0.5) is 0 Å². The van der Waals surface area contributed by atoms with Gasteiger partial charge < -0.3 is 0 Å². The van der Waals surface area contributed by atoms with Crippen molar-refractivity contribution in [3.8, 4) is 11.1 Å². The number of aryl methyl sites for hydroxylation is 2. The number of halogens is 2. The van der Waals surface area contributed by atoms with Crippen molar-refractivity contribution >= 4 is 53.4 Å². The first-order valence-corrected chi connectivity index (χ1v) is 12.8. The second kappa shape index (κ2) is 7.99. The van der Waals surface area contributed by atoms with E-state index in [4.69, 9.17) is 0 Å². The average molecular weight is 552 g/mol. The van der Waals surface area contributed by atoms with Crippen molar-refractivity contribution in [3.63, 3.8) is 0 Å². The third kappa shape index (κ3) is 4.05. The first-order valence-electron chi connectivity index (χ1n) is 11.3. The Hall–Kier alpha value is -1.64. The third-order valence-electron chi connectivity index (χ3n) is 6.50. The first-order chi connectivity index (χ1) is 14.8. The monoisotopic (exact) mass is 550 g/mol. The van der Waals surface area contributed by atoms with E-state index in [0.29, 0.717) is 0 Å². The quantitative estimate of drug-likeness (QED) is 0.220. The van der Waals surface area contributed by atoms with E-state index in [1.807, 2.05) is 0 Å². The van der Waals surface area contributed by atoms with Gasteiger partial charge in [-0.05, 0) is 112 Å². The van der Waals surface area contributed by atoms with E-state index >= 15 is 0 Å². The molecule has 2 heteroatoms. The zero-order valence-electron chi connectivity index (χ0n) is 20.4. The maximum atomic E-state index is 3.99. The van der Waals surface area contributed by atoms with Crippen molar-refractivity contribution in [1.82, 2.24) is 0 Å². The molecule has 0 aliphatic heterocycles. The van der Waals surface area contributed by atoms with Crippen molar-refractivity contribution in [2.45, 2.75) is 66.2 Å². The fourth-order valence-electron chi connectivity index (χ4n) is 4.44. The lowest BCUT2D eigenvalue weighted by molar-refractivity contribution is 0.591. The first kappa shape index (κ1) is 23.5. The number of rotatable bonds is 1. The molecular weight excluding hydrogens is 520 g/mol. The summed E-state index contributed by atoms with van der Waals surface area (Å²) in [5.41, 5.74) is 7.95. The van der Waals surface area contributed by atoms with Gasteiger partial charge in [0, 0.05) is 20.1 Å². The molecule has 0 aliphatic carbocycles. The van der Waals surface area contributed by atoms with Crippen LogP contribution in [0, 0.1) is 13.8 Å². The lowest BCUT2D eigenvalue weighted by Gasteiger charge is -2.24. The predicted octanol–water partition coefficient (Wildman–Crippen LogP) is 10.4. The van der Waals surface area contributed by atoms with Crippen LogP contribution in [-0.2, 0) is 10.8 Å². The van der Waals surface area contributed by atoms with Crippen LogP contribution in [0.1, 0.15) is 63.8 Å². The van der Waals surface area contributed by atoms with Gasteiger partial charge in [-0.3, -0.25) is 0 Å². The van der Waals surface area contributed by atoms with Gasteiger partial charge in [0.25, 0.3) is 0 Å². The number of benzene rings is 4. The summed E-state index contributed by atoms with van der Waals surface area (Å²) in [5, 5.41) is 5.15. The molecule has 4 rings (SSSR count).